The molecule has 0 amide bonds. The highest BCUT2D eigenvalue weighted by atomic mass is 127. The predicted octanol–water partition coefficient (Wildman–Crippen LogP) is 4.12. The van der Waals surface area contributed by atoms with E-state index in [-0.39, 0.29) is 4.87 Å². The Labute approximate surface area is 157 Å². The lowest BCUT2D eigenvalue weighted by atomic mass is 10.1. The van der Waals surface area contributed by atoms with Gasteiger partial charge in [0.05, 0.1) is 10.6 Å². The summed E-state index contributed by atoms with van der Waals surface area (Å²) in [6.45, 7) is 4.07. The molecule has 0 saturated heterocycles. The number of rotatable bonds is 4. The molecule has 3 rings (SSSR count). The van der Waals surface area contributed by atoms with Crippen LogP contribution in [0.1, 0.15) is 18.2 Å². The van der Waals surface area contributed by atoms with Crippen molar-refractivity contribution in [1.29, 1.82) is 0 Å². The van der Waals surface area contributed by atoms with Gasteiger partial charge in [0.2, 0.25) is 5.95 Å². The fourth-order valence-electron chi connectivity index (χ4n) is 2.34. The Kier molecular flexibility index (Phi) is 5.00. The van der Waals surface area contributed by atoms with Crippen LogP contribution in [0.3, 0.4) is 0 Å². The number of benzene rings is 1. The summed E-state index contributed by atoms with van der Waals surface area (Å²) in [6, 6.07) is 8.05. The molecule has 0 radical (unpaired) electrons. The van der Waals surface area contributed by atoms with E-state index in [9.17, 15) is 4.79 Å². The first-order valence-corrected chi connectivity index (χ1v) is 9.44. The Morgan fingerprint density at radius 3 is 2.75 bits per heavy atom. The van der Waals surface area contributed by atoms with Crippen molar-refractivity contribution >= 4 is 45.6 Å². The van der Waals surface area contributed by atoms with Crippen LogP contribution in [0.25, 0.3) is 10.6 Å². The second-order valence-electron chi connectivity index (χ2n) is 5.39. The topological polar surface area (TPSA) is 59.8 Å². The molecular formula is C17H17IN4OS. The molecule has 124 valence electrons. The lowest BCUT2D eigenvalue weighted by Gasteiger charge is -2.08. The first kappa shape index (κ1) is 17.1. The van der Waals surface area contributed by atoms with Gasteiger partial charge in [-0.25, -0.2) is 9.97 Å². The molecule has 0 aliphatic carbocycles. The Hall–Kier alpha value is -1.74. The lowest BCUT2D eigenvalue weighted by Crippen LogP contribution is -2.08. The van der Waals surface area contributed by atoms with Gasteiger partial charge in [-0.1, -0.05) is 24.3 Å². The monoisotopic (exact) mass is 452 g/mol. The van der Waals surface area contributed by atoms with Crippen molar-refractivity contribution in [2.24, 2.45) is 7.05 Å². The molecule has 0 unspecified atom stereocenters. The maximum atomic E-state index is 11.8. The molecule has 0 spiro atoms. The Balaban J connectivity index is 1.92. The summed E-state index contributed by atoms with van der Waals surface area (Å²) in [7, 11) is 1.77. The fraction of sp³-hybridized carbons (Fsp3) is 0.235. The third-order valence-corrected chi connectivity index (χ3v) is 6.03. The van der Waals surface area contributed by atoms with Gasteiger partial charge in [-0.3, -0.25) is 4.79 Å². The van der Waals surface area contributed by atoms with Crippen molar-refractivity contribution in [2.45, 2.75) is 20.3 Å². The predicted molar refractivity (Wildman–Crippen MR) is 107 cm³/mol. The van der Waals surface area contributed by atoms with Gasteiger partial charge in [-0.2, -0.15) is 0 Å². The Morgan fingerprint density at radius 2 is 2.12 bits per heavy atom. The highest BCUT2D eigenvalue weighted by molar-refractivity contribution is 14.1. The van der Waals surface area contributed by atoms with Crippen molar-refractivity contribution in [1.82, 2.24) is 14.5 Å². The quantitative estimate of drug-likeness (QED) is 0.606. The zero-order valence-corrected chi connectivity index (χ0v) is 16.6. The molecular weight excluding hydrogens is 435 g/mol. The fourth-order valence-corrected chi connectivity index (χ4v) is 4.19. The molecule has 0 aliphatic heterocycles. The number of aryl methyl sites for hydroxylation is 1. The molecule has 2 aromatic heterocycles. The maximum Gasteiger partial charge on any atom is 0.307 e. The minimum Gasteiger partial charge on any atom is -0.324 e. The largest absolute Gasteiger partial charge is 0.324 e. The van der Waals surface area contributed by atoms with E-state index in [1.54, 1.807) is 17.8 Å². The minimum atomic E-state index is 0.0142. The minimum absolute atomic E-state index is 0.0142. The van der Waals surface area contributed by atoms with E-state index in [0.717, 1.165) is 28.4 Å². The number of hydrogen-bond donors (Lipinski definition) is 1. The van der Waals surface area contributed by atoms with E-state index in [1.165, 1.54) is 20.5 Å². The van der Waals surface area contributed by atoms with Crippen LogP contribution >= 0.6 is 33.9 Å². The second kappa shape index (κ2) is 7.02. The number of halogens is 1. The summed E-state index contributed by atoms with van der Waals surface area (Å²) >= 11 is 3.54. The van der Waals surface area contributed by atoms with Gasteiger partial charge in [0.25, 0.3) is 0 Å². The molecule has 3 aromatic rings. The van der Waals surface area contributed by atoms with E-state index in [0.29, 0.717) is 5.95 Å². The molecule has 1 aromatic carbocycles. The van der Waals surface area contributed by atoms with Gasteiger partial charge in [0.1, 0.15) is 0 Å². The van der Waals surface area contributed by atoms with Crippen molar-refractivity contribution in [3.8, 4) is 10.6 Å². The number of hydrogen-bond acceptors (Lipinski definition) is 5. The van der Waals surface area contributed by atoms with E-state index >= 15 is 0 Å². The van der Waals surface area contributed by atoms with Crippen LogP contribution in [0, 0.1) is 10.5 Å². The summed E-state index contributed by atoms with van der Waals surface area (Å²) in [5.41, 5.74) is 3.94. The summed E-state index contributed by atoms with van der Waals surface area (Å²) in [6.07, 6.45) is 2.72. The van der Waals surface area contributed by atoms with E-state index in [4.69, 9.17) is 0 Å². The van der Waals surface area contributed by atoms with Gasteiger partial charge in [0.15, 0.2) is 0 Å². The van der Waals surface area contributed by atoms with Gasteiger partial charge in [-0.05, 0) is 59.7 Å². The summed E-state index contributed by atoms with van der Waals surface area (Å²) in [5.74, 6) is 0.524. The van der Waals surface area contributed by atoms with Crippen molar-refractivity contribution in [3.63, 3.8) is 0 Å². The van der Waals surface area contributed by atoms with Crippen LogP contribution in [-0.4, -0.2) is 14.5 Å². The highest BCUT2D eigenvalue weighted by Crippen LogP contribution is 2.26. The molecule has 1 N–H and O–H groups in total. The van der Waals surface area contributed by atoms with Crippen LogP contribution in [0.4, 0.5) is 11.6 Å². The van der Waals surface area contributed by atoms with E-state index in [2.05, 4.69) is 56.9 Å². The van der Waals surface area contributed by atoms with Crippen molar-refractivity contribution < 1.29 is 0 Å². The highest BCUT2D eigenvalue weighted by Gasteiger charge is 2.12. The Morgan fingerprint density at radius 1 is 1.33 bits per heavy atom. The van der Waals surface area contributed by atoms with E-state index < -0.39 is 0 Å². The molecule has 5 nitrogen and oxygen atoms in total. The van der Waals surface area contributed by atoms with Crippen molar-refractivity contribution in [3.05, 3.63) is 55.0 Å². The molecule has 0 saturated carbocycles. The number of nitrogens with zero attached hydrogens (tertiary/aromatic N) is 3. The number of aromatic nitrogens is 3. The number of nitrogens with one attached hydrogen (secondary N) is 1. The summed E-state index contributed by atoms with van der Waals surface area (Å²) in [5, 5.41) is 3.24. The average Bonchev–Trinajstić information content (AvgIpc) is 2.83. The SMILES string of the molecule is CCc1ccc(Nc2nccc(-c3sc(=O)n(C)c3C)n2)cc1I. The van der Waals surface area contributed by atoms with Crippen LogP contribution < -0.4 is 10.2 Å². The molecule has 0 atom stereocenters. The second-order valence-corrected chi connectivity index (χ2v) is 7.52. The van der Waals surface area contributed by atoms with Gasteiger partial charge in [0, 0.05) is 28.2 Å². The zero-order valence-electron chi connectivity index (χ0n) is 13.6. The Bertz CT molecular complexity index is 948. The number of thiazole rings is 1. The zero-order chi connectivity index (χ0) is 17.3. The third-order valence-electron chi connectivity index (χ3n) is 3.87. The molecule has 7 heteroatoms. The van der Waals surface area contributed by atoms with Gasteiger partial charge < -0.3 is 9.88 Å². The standard InChI is InChI=1S/C17H17IN4OS/c1-4-11-5-6-12(9-13(11)18)20-16-19-8-7-14(21-16)15-10(2)22(3)17(23)24-15/h5-9H,4H2,1-3H3,(H,19,20,21). The van der Waals surface area contributed by atoms with Crippen LogP contribution in [-0.2, 0) is 13.5 Å². The van der Waals surface area contributed by atoms with Crippen LogP contribution in [0.5, 0.6) is 0 Å². The molecule has 0 fully saturated rings. The van der Waals surface area contributed by atoms with Gasteiger partial charge in [-0.15, -0.1) is 0 Å². The van der Waals surface area contributed by atoms with Crippen LogP contribution in [0.2, 0.25) is 0 Å². The number of anilines is 2. The summed E-state index contributed by atoms with van der Waals surface area (Å²) in [4.78, 5) is 21.6. The normalized spacial score (nSPS) is 10.8. The maximum absolute atomic E-state index is 11.8. The molecule has 2 heterocycles. The van der Waals surface area contributed by atoms with Crippen LogP contribution in [0.15, 0.2) is 35.3 Å². The van der Waals surface area contributed by atoms with Gasteiger partial charge >= 0.3 is 4.87 Å². The first-order chi connectivity index (χ1) is 11.5. The molecule has 24 heavy (non-hydrogen) atoms. The average molecular weight is 452 g/mol. The lowest BCUT2D eigenvalue weighted by molar-refractivity contribution is 0.854. The molecule has 0 aliphatic rings. The smallest absolute Gasteiger partial charge is 0.307 e. The molecule has 0 bridgehead atoms. The van der Waals surface area contributed by atoms with E-state index in [1.807, 2.05) is 19.1 Å². The third kappa shape index (κ3) is 3.36. The first-order valence-electron chi connectivity index (χ1n) is 7.55. The van der Waals surface area contributed by atoms with Crippen molar-refractivity contribution in [2.75, 3.05) is 5.32 Å². The summed E-state index contributed by atoms with van der Waals surface area (Å²) < 4.78 is 2.86.